The van der Waals surface area contributed by atoms with Crippen LogP contribution in [0.15, 0.2) is 42.5 Å². The van der Waals surface area contributed by atoms with Crippen molar-refractivity contribution in [3.05, 3.63) is 64.3 Å². The summed E-state index contributed by atoms with van der Waals surface area (Å²) < 4.78 is 6.77. The third-order valence-electron chi connectivity index (χ3n) is 4.16. The van der Waals surface area contributed by atoms with Gasteiger partial charge < -0.3 is 27.7 Å². The maximum Gasteiger partial charge on any atom is 1.00 e. The molecule has 0 unspecified atom stereocenters. The molecule has 3 aromatic rings. The number of carbonyl (C=O) groups excluding carboxylic acids is 1. The summed E-state index contributed by atoms with van der Waals surface area (Å²) in [5.74, 6) is -0.583. The minimum Gasteiger partial charge on any atom is -1.00 e. The number of carbonyl (C=O) groups is 2. The average molecular weight is 436 g/mol. The molecule has 0 radical (unpaired) electrons. The van der Waals surface area contributed by atoms with E-state index in [9.17, 15) is 14.7 Å². The van der Waals surface area contributed by atoms with Gasteiger partial charge in [0.25, 0.3) is 5.91 Å². The molecule has 29 heavy (non-hydrogen) atoms. The molecule has 1 heterocycles. The van der Waals surface area contributed by atoms with Crippen LogP contribution in [0.5, 0.6) is 5.75 Å². The van der Waals surface area contributed by atoms with E-state index in [0.717, 1.165) is 0 Å². The second-order valence-electron chi connectivity index (χ2n) is 5.67. The number of benzene rings is 2. The van der Waals surface area contributed by atoms with Crippen LogP contribution in [0.3, 0.4) is 0 Å². The number of carboxylic acid groups (broad SMARTS) is 1. The van der Waals surface area contributed by atoms with Crippen molar-refractivity contribution in [1.82, 2.24) is 4.57 Å². The summed E-state index contributed by atoms with van der Waals surface area (Å²) >= 11 is 5.89. The topological polar surface area (TPSA) is 163 Å². The van der Waals surface area contributed by atoms with Crippen LogP contribution in [-0.2, 0) is 11.2 Å². The van der Waals surface area contributed by atoms with Crippen LogP contribution < -0.4 is 34.3 Å². The molecule has 0 aliphatic rings. The summed E-state index contributed by atoms with van der Waals surface area (Å²) in [6.07, 6.45) is -0.170. The number of halogens is 1. The molecule has 154 valence electrons. The van der Waals surface area contributed by atoms with E-state index < -0.39 is 5.97 Å². The number of ether oxygens (including phenoxy) is 1. The minimum absolute atomic E-state index is 0. The van der Waals surface area contributed by atoms with Crippen molar-refractivity contribution in [2.45, 2.75) is 13.3 Å². The van der Waals surface area contributed by atoms with Gasteiger partial charge in [-0.05, 0) is 55.0 Å². The fourth-order valence-electron chi connectivity index (χ4n) is 2.95. The van der Waals surface area contributed by atoms with Gasteiger partial charge in [-0.15, -0.1) is 0 Å². The predicted molar refractivity (Wildman–Crippen MR) is 108 cm³/mol. The van der Waals surface area contributed by atoms with Gasteiger partial charge in [-0.25, -0.2) is 0 Å². The van der Waals surface area contributed by atoms with Gasteiger partial charge in [0, 0.05) is 21.7 Å². The van der Waals surface area contributed by atoms with Gasteiger partial charge in [0.15, 0.2) is 0 Å². The third-order valence-corrected chi connectivity index (χ3v) is 4.42. The van der Waals surface area contributed by atoms with Gasteiger partial charge in [0.05, 0.1) is 19.0 Å². The number of aliphatic carboxylic acids is 1. The molecular weight excluding hydrogens is 413 g/mol. The first kappa shape index (κ1) is 29.3. The molecule has 0 atom stereocenters. The van der Waals surface area contributed by atoms with Crippen LogP contribution in [0.4, 0.5) is 0 Å². The van der Waals surface area contributed by atoms with Crippen molar-refractivity contribution in [3.8, 4) is 5.75 Å². The van der Waals surface area contributed by atoms with Crippen LogP contribution >= 0.6 is 11.6 Å². The van der Waals surface area contributed by atoms with Gasteiger partial charge in [-0.2, -0.15) is 0 Å². The Hall–Kier alpha value is -1.91. The fraction of sp³-hybridized carbons (Fsp3) is 0.158. The van der Waals surface area contributed by atoms with Crippen LogP contribution in [0, 0.1) is 6.92 Å². The molecule has 7 N–H and O–H groups in total. The number of hydrogen-bond donors (Lipinski definition) is 1. The minimum atomic E-state index is -0.955. The normalized spacial score (nSPS) is 9.34. The third kappa shape index (κ3) is 5.80. The SMILES string of the molecule is COc1ccc2c(c1)c(CC(=O)O)c(C)n2C(=O)c1ccc(Cl)cc1.O.O.O.[H-].[Na+]. The maximum absolute atomic E-state index is 13.0. The average Bonchev–Trinajstić information content (AvgIpc) is 2.86. The number of nitrogens with zero attached hydrogens (tertiary/aromatic N) is 1. The number of aromatic nitrogens is 1. The van der Waals surface area contributed by atoms with E-state index in [1.807, 2.05) is 0 Å². The monoisotopic (exact) mass is 435 g/mol. The van der Waals surface area contributed by atoms with Gasteiger partial charge in [-0.1, -0.05) is 11.6 Å². The molecule has 0 amide bonds. The Morgan fingerprint density at radius 1 is 1.10 bits per heavy atom. The second kappa shape index (κ2) is 11.9. The number of fused-ring (bicyclic) bond motifs is 1. The van der Waals surface area contributed by atoms with Crippen molar-refractivity contribution in [2.24, 2.45) is 0 Å². The molecular formula is C19H23ClNNaO7. The summed E-state index contributed by atoms with van der Waals surface area (Å²) in [6.45, 7) is 1.75. The van der Waals surface area contributed by atoms with E-state index in [0.29, 0.717) is 38.5 Å². The molecule has 0 fully saturated rings. The van der Waals surface area contributed by atoms with Crippen molar-refractivity contribution < 1.29 is 66.8 Å². The molecule has 3 rings (SSSR count). The molecule has 0 aliphatic heterocycles. The second-order valence-corrected chi connectivity index (χ2v) is 6.10. The van der Waals surface area contributed by atoms with E-state index in [1.54, 1.807) is 56.5 Å². The van der Waals surface area contributed by atoms with Crippen molar-refractivity contribution >= 4 is 34.4 Å². The molecule has 0 saturated carbocycles. The molecule has 0 aliphatic carbocycles. The van der Waals surface area contributed by atoms with E-state index in [4.69, 9.17) is 16.3 Å². The van der Waals surface area contributed by atoms with Gasteiger partial charge >= 0.3 is 35.5 Å². The fourth-order valence-corrected chi connectivity index (χ4v) is 3.07. The predicted octanol–water partition coefficient (Wildman–Crippen LogP) is -1.43. The van der Waals surface area contributed by atoms with Crippen LogP contribution in [0.1, 0.15) is 23.0 Å². The number of hydrogen-bond acceptors (Lipinski definition) is 3. The first-order valence-corrected chi connectivity index (χ1v) is 8.00. The maximum atomic E-state index is 13.0. The summed E-state index contributed by atoms with van der Waals surface area (Å²) in [4.78, 5) is 24.3. The Kier molecular flexibility index (Phi) is 12.1. The molecule has 8 nitrogen and oxygen atoms in total. The Balaban J connectivity index is -0.00000146. The Morgan fingerprint density at radius 2 is 1.69 bits per heavy atom. The molecule has 2 aromatic carbocycles. The smallest absolute Gasteiger partial charge is 1.00 e. The zero-order valence-corrected chi connectivity index (χ0v) is 19.0. The van der Waals surface area contributed by atoms with Crippen LogP contribution in [0.25, 0.3) is 10.9 Å². The summed E-state index contributed by atoms with van der Waals surface area (Å²) in [5, 5.41) is 10.5. The number of rotatable bonds is 4. The number of carboxylic acids is 1. The van der Waals surface area contributed by atoms with Crippen LogP contribution in [0.2, 0.25) is 5.02 Å². The Bertz CT molecular complexity index is 993. The first-order valence-electron chi connectivity index (χ1n) is 7.62. The molecule has 1 aromatic heterocycles. The quantitative estimate of drug-likeness (QED) is 0.497. The van der Waals surface area contributed by atoms with E-state index >= 15 is 0 Å². The zero-order valence-electron chi connectivity index (χ0n) is 17.2. The largest absolute Gasteiger partial charge is 1.00 e. The standard InChI is InChI=1S/C19H16ClNO4.Na.3H2O.H/c1-11-15(10-18(22)23)16-9-14(25-2)7-8-17(16)21(11)19(24)12-3-5-13(20)6-4-12;;;;;/h3-9H,10H2,1-2H3,(H,22,23);;3*1H2;/q;+1;;;;-1. The Morgan fingerprint density at radius 3 is 2.21 bits per heavy atom. The molecule has 10 heteroatoms. The van der Waals surface area contributed by atoms with Crippen molar-refractivity contribution in [1.29, 1.82) is 0 Å². The summed E-state index contributed by atoms with van der Waals surface area (Å²) in [7, 11) is 1.54. The van der Waals surface area contributed by atoms with E-state index in [2.05, 4.69) is 0 Å². The number of methoxy groups -OCH3 is 1. The van der Waals surface area contributed by atoms with Crippen molar-refractivity contribution in [3.63, 3.8) is 0 Å². The van der Waals surface area contributed by atoms with Gasteiger partial charge in [0.2, 0.25) is 0 Å². The van der Waals surface area contributed by atoms with Crippen LogP contribution in [-0.4, -0.2) is 45.1 Å². The summed E-state index contributed by atoms with van der Waals surface area (Å²) in [5.41, 5.74) is 2.32. The summed E-state index contributed by atoms with van der Waals surface area (Å²) in [6, 6.07) is 11.9. The van der Waals surface area contributed by atoms with E-state index in [1.165, 1.54) is 4.57 Å². The zero-order chi connectivity index (χ0) is 18.1. The van der Waals surface area contributed by atoms with E-state index in [-0.39, 0.29) is 59.7 Å². The first-order chi connectivity index (χ1) is 11.9. The van der Waals surface area contributed by atoms with Gasteiger partial charge in [-0.3, -0.25) is 14.2 Å². The molecule has 0 spiro atoms. The molecule has 0 saturated heterocycles. The molecule has 0 bridgehead atoms. The van der Waals surface area contributed by atoms with Gasteiger partial charge in [0.1, 0.15) is 5.75 Å². The van der Waals surface area contributed by atoms with Crippen molar-refractivity contribution in [2.75, 3.05) is 7.11 Å². The Labute approximate surface area is 195 Å².